The summed E-state index contributed by atoms with van der Waals surface area (Å²) in [7, 11) is 0. The predicted octanol–water partition coefficient (Wildman–Crippen LogP) is 2.00. The molecule has 19 heavy (non-hydrogen) atoms. The Labute approximate surface area is 118 Å². The summed E-state index contributed by atoms with van der Waals surface area (Å²) in [6.07, 6.45) is 2.23. The Kier molecular flexibility index (Phi) is 4.32. The van der Waals surface area contributed by atoms with Gasteiger partial charge in [0.15, 0.2) is 0 Å². The van der Waals surface area contributed by atoms with Crippen molar-refractivity contribution in [3.63, 3.8) is 0 Å². The zero-order valence-electron chi connectivity index (χ0n) is 11.1. The molecule has 1 aromatic carbocycles. The van der Waals surface area contributed by atoms with Crippen molar-refractivity contribution in [3.05, 3.63) is 28.8 Å². The van der Waals surface area contributed by atoms with Gasteiger partial charge < -0.3 is 16.4 Å². The van der Waals surface area contributed by atoms with Gasteiger partial charge in [-0.3, -0.25) is 4.79 Å². The average Bonchev–Trinajstić information content (AvgIpc) is 2.37. The van der Waals surface area contributed by atoms with Crippen molar-refractivity contribution < 1.29 is 4.79 Å². The molecule has 1 fully saturated rings. The number of halogens is 1. The molecule has 0 bridgehead atoms. The molecule has 2 unspecified atom stereocenters. The molecule has 0 aliphatic carbocycles. The zero-order valence-corrected chi connectivity index (χ0v) is 11.9. The maximum Gasteiger partial charge on any atom is 0.250 e. The van der Waals surface area contributed by atoms with Crippen LogP contribution in [0, 0.1) is 5.92 Å². The fourth-order valence-electron chi connectivity index (χ4n) is 2.70. The van der Waals surface area contributed by atoms with E-state index in [2.05, 4.69) is 11.8 Å². The van der Waals surface area contributed by atoms with Crippen molar-refractivity contribution in [2.45, 2.75) is 25.8 Å². The van der Waals surface area contributed by atoms with Crippen molar-refractivity contribution in [2.75, 3.05) is 18.0 Å². The molecular weight excluding hydrogens is 262 g/mol. The molecule has 1 heterocycles. The highest BCUT2D eigenvalue weighted by molar-refractivity contribution is 6.34. The second-order valence-electron chi connectivity index (χ2n) is 5.24. The van der Waals surface area contributed by atoms with Crippen molar-refractivity contribution in [3.8, 4) is 0 Å². The van der Waals surface area contributed by atoms with Gasteiger partial charge in [-0.1, -0.05) is 18.5 Å². The van der Waals surface area contributed by atoms with Gasteiger partial charge in [0.2, 0.25) is 5.91 Å². The number of carbonyl (C=O) groups excluding carboxylic acids is 1. The van der Waals surface area contributed by atoms with Crippen LogP contribution in [0.5, 0.6) is 0 Å². The normalized spacial score (nSPS) is 23.4. The maximum absolute atomic E-state index is 11.2. The van der Waals surface area contributed by atoms with E-state index in [0.717, 1.165) is 25.1 Å². The van der Waals surface area contributed by atoms with E-state index < -0.39 is 5.91 Å². The lowest BCUT2D eigenvalue weighted by Crippen LogP contribution is -2.46. The van der Waals surface area contributed by atoms with E-state index in [1.807, 2.05) is 6.07 Å². The number of rotatable bonds is 3. The summed E-state index contributed by atoms with van der Waals surface area (Å²) in [6, 6.07) is 5.72. The van der Waals surface area contributed by atoms with E-state index in [9.17, 15) is 4.79 Å². The highest BCUT2D eigenvalue weighted by Crippen LogP contribution is 2.30. The van der Waals surface area contributed by atoms with Crippen molar-refractivity contribution in [2.24, 2.45) is 17.4 Å². The van der Waals surface area contributed by atoms with Crippen LogP contribution in [0.2, 0.25) is 5.02 Å². The number of primary amides is 1. The first-order valence-corrected chi connectivity index (χ1v) is 6.96. The molecule has 0 saturated carbocycles. The third-order valence-electron chi connectivity index (χ3n) is 3.80. The minimum Gasteiger partial charge on any atom is -0.367 e. The standard InChI is InChI=1S/C14H20ClN3O/c1-9-4-5-18(11(6-9)8-16)10-2-3-12(14(17)19)13(15)7-10/h2-3,7,9,11H,4-6,8,16H2,1H3,(H2,17,19). The molecule has 2 rings (SSSR count). The second kappa shape index (κ2) is 5.80. The summed E-state index contributed by atoms with van der Waals surface area (Å²) < 4.78 is 0. The number of anilines is 1. The van der Waals surface area contributed by atoms with Crippen LogP contribution >= 0.6 is 11.6 Å². The number of benzene rings is 1. The third kappa shape index (κ3) is 3.01. The fraction of sp³-hybridized carbons (Fsp3) is 0.500. The minimum atomic E-state index is -0.501. The molecule has 1 aromatic rings. The van der Waals surface area contributed by atoms with Gasteiger partial charge in [-0.2, -0.15) is 0 Å². The van der Waals surface area contributed by atoms with Crippen molar-refractivity contribution in [1.29, 1.82) is 0 Å². The van der Waals surface area contributed by atoms with E-state index in [1.54, 1.807) is 12.1 Å². The second-order valence-corrected chi connectivity index (χ2v) is 5.65. The molecule has 1 amide bonds. The predicted molar refractivity (Wildman–Crippen MR) is 78.6 cm³/mol. The molecule has 104 valence electrons. The average molecular weight is 282 g/mol. The first kappa shape index (κ1) is 14.2. The van der Waals surface area contributed by atoms with Crippen LogP contribution in [0.1, 0.15) is 30.1 Å². The topological polar surface area (TPSA) is 72.3 Å². The largest absolute Gasteiger partial charge is 0.367 e. The number of carbonyl (C=O) groups is 1. The Morgan fingerprint density at radius 2 is 2.26 bits per heavy atom. The molecule has 5 heteroatoms. The molecule has 0 aromatic heterocycles. The number of nitrogens with zero attached hydrogens (tertiary/aromatic N) is 1. The van der Waals surface area contributed by atoms with Gasteiger partial charge in [0.25, 0.3) is 0 Å². The van der Waals surface area contributed by atoms with Crippen LogP contribution in [0.15, 0.2) is 18.2 Å². The van der Waals surface area contributed by atoms with Gasteiger partial charge in [0.05, 0.1) is 10.6 Å². The molecule has 0 spiro atoms. The van der Waals surface area contributed by atoms with E-state index in [1.165, 1.54) is 0 Å². The SMILES string of the molecule is CC1CCN(c2ccc(C(N)=O)c(Cl)c2)C(CN)C1. The van der Waals surface area contributed by atoms with Crippen LogP contribution in [-0.4, -0.2) is 25.0 Å². The summed E-state index contributed by atoms with van der Waals surface area (Å²) in [4.78, 5) is 13.5. The van der Waals surface area contributed by atoms with Crippen LogP contribution in [-0.2, 0) is 0 Å². The lowest BCUT2D eigenvalue weighted by atomic mass is 9.92. The Morgan fingerprint density at radius 3 is 2.84 bits per heavy atom. The molecular formula is C14H20ClN3O. The van der Waals surface area contributed by atoms with Crippen molar-refractivity contribution in [1.82, 2.24) is 0 Å². The van der Waals surface area contributed by atoms with Gasteiger partial charge in [0, 0.05) is 24.8 Å². The Balaban J connectivity index is 2.26. The highest BCUT2D eigenvalue weighted by Gasteiger charge is 2.25. The van der Waals surface area contributed by atoms with Gasteiger partial charge in [-0.25, -0.2) is 0 Å². The van der Waals surface area contributed by atoms with Gasteiger partial charge >= 0.3 is 0 Å². The van der Waals surface area contributed by atoms with E-state index in [0.29, 0.717) is 29.1 Å². The van der Waals surface area contributed by atoms with E-state index in [-0.39, 0.29) is 0 Å². The number of amides is 1. The van der Waals surface area contributed by atoms with Crippen LogP contribution in [0.3, 0.4) is 0 Å². The Morgan fingerprint density at radius 1 is 1.53 bits per heavy atom. The van der Waals surface area contributed by atoms with Crippen molar-refractivity contribution >= 4 is 23.2 Å². The molecule has 1 aliphatic rings. The Bertz CT molecular complexity index is 478. The molecule has 4 nitrogen and oxygen atoms in total. The van der Waals surface area contributed by atoms with Gasteiger partial charge in [-0.15, -0.1) is 0 Å². The lowest BCUT2D eigenvalue weighted by Gasteiger charge is -2.39. The monoisotopic (exact) mass is 281 g/mol. The van der Waals surface area contributed by atoms with Gasteiger partial charge in [-0.05, 0) is 37.0 Å². The molecule has 4 N–H and O–H groups in total. The summed E-state index contributed by atoms with van der Waals surface area (Å²) in [5.74, 6) is 0.198. The van der Waals surface area contributed by atoms with Crippen LogP contribution < -0.4 is 16.4 Å². The molecule has 0 radical (unpaired) electrons. The first-order chi connectivity index (χ1) is 9.02. The van der Waals surface area contributed by atoms with Crippen LogP contribution in [0.4, 0.5) is 5.69 Å². The van der Waals surface area contributed by atoms with E-state index >= 15 is 0 Å². The third-order valence-corrected chi connectivity index (χ3v) is 4.11. The molecule has 1 aliphatic heterocycles. The minimum absolute atomic E-state index is 0.333. The number of nitrogens with two attached hydrogens (primary N) is 2. The number of hydrogen-bond acceptors (Lipinski definition) is 3. The zero-order chi connectivity index (χ0) is 14.0. The summed E-state index contributed by atoms with van der Waals surface area (Å²) in [5.41, 5.74) is 12.5. The lowest BCUT2D eigenvalue weighted by molar-refractivity contribution is 0.100. The van der Waals surface area contributed by atoms with Crippen LogP contribution in [0.25, 0.3) is 0 Å². The fourth-order valence-corrected chi connectivity index (χ4v) is 2.97. The van der Waals surface area contributed by atoms with Gasteiger partial charge in [0.1, 0.15) is 0 Å². The summed E-state index contributed by atoms with van der Waals surface area (Å²) in [5, 5.41) is 0.402. The summed E-state index contributed by atoms with van der Waals surface area (Å²) in [6.45, 7) is 3.85. The van der Waals surface area contributed by atoms with E-state index in [4.69, 9.17) is 23.1 Å². The Hall–Kier alpha value is -1.26. The first-order valence-electron chi connectivity index (χ1n) is 6.59. The maximum atomic E-state index is 11.2. The number of piperidine rings is 1. The summed E-state index contributed by atoms with van der Waals surface area (Å²) >= 11 is 6.10. The smallest absolute Gasteiger partial charge is 0.250 e. The quantitative estimate of drug-likeness (QED) is 0.890. The molecule has 2 atom stereocenters. The molecule has 1 saturated heterocycles. The number of hydrogen-bond donors (Lipinski definition) is 2. The highest BCUT2D eigenvalue weighted by atomic mass is 35.5.